The normalized spacial score (nSPS) is 21.6. The third kappa shape index (κ3) is 2.52. The minimum absolute atomic E-state index is 0.0422. The fourth-order valence-corrected chi connectivity index (χ4v) is 3.81. The zero-order chi connectivity index (χ0) is 10.8. The van der Waals surface area contributed by atoms with E-state index in [-0.39, 0.29) is 11.7 Å². The number of ether oxygens (including phenoxy) is 1. The van der Waals surface area contributed by atoms with Crippen LogP contribution in [0.25, 0.3) is 0 Å². The van der Waals surface area contributed by atoms with Crippen LogP contribution in [0.4, 0.5) is 0 Å². The third-order valence-corrected chi connectivity index (χ3v) is 5.99. The van der Waals surface area contributed by atoms with Gasteiger partial charge in [-0.25, -0.2) is 0 Å². The molecule has 1 unspecified atom stereocenters. The van der Waals surface area contributed by atoms with E-state index in [1.807, 2.05) is 5.38 Å². The van der Waals surface area contributed by atoms with E-state index in [0.717, 1.165) is 33.3 Å². The van der Waals surface area contributed by atoms with Crippen LogP contribution < -0.4 is 0 Å². The molecule has 5 heteroatoms. The Kier molecular flexibility index (Phi) is 3.98. The Labute approximate surface area is 109 Å². The number of halogens is 2. The summed E-state index contributed by atoms with van der Waals surface area (Å²) >= 11 is 8.29. The molecule has 0 spiro atoms. The average Bonchev–Trinajstić information content (AvgIpc) is 2.60. The highest BCUT2D eigenvalue weighted by Gasteiger charge is 2.26. The minimum atomic E-state index is 0.0422. The van der Waals surface area contributed by atoms with E-state index in [0.29, 0.717) is 6.61 Å². The first kappa shape index (κ1) is 11.8. The molecule has 2 rings (SSSR count). The maximum atomic E-state index is 12.1. The molecule has 1 fully saturated rings. The first-order valence-electron chi connectivity index (χ1n) is 4.74. The molecule has 0 aliphatic carbocycles. The number of hydrogen-bond donors (Lipinski definition) is 0. The van der Waals surface area contributed by atoms with E-state index < -0.39 is 0 Å². The van der Waals surface area contributed by atoms with E-state index in [1.54, 1.807) is 0 Å². The molecule has 0 bridgehead atoms. The lowest BCUT2D eigenvalue weighted by molar-refractivity contribution is 0.0463. The molecule has 1 aromatic rings. The summed E-state index contributed by atoms with van der Waals surface area (Å²) in [5.41, 5.74) is 0. The van der Waals surface area contributed by atoms with Crippen molar-refractivity contribution < 1.29 is 9.53 Å². The first-order chi connectivity index (χ1) is 7.20. The smallest absolute Gasteiger partial charge is 0.179 e. The van der Waals surface area contributed by atoms with Gasteiger partial charge in [0.25, 0.3) is 0 Å². The van der Waals surface area contributed by atoms with E-state index in [9.17, 15) is 4.79 Å². The summed E-state index contributed by atoms with van der Waals surface area (Å²) in [6, 6.07) is 0. The highest BCUT2D eigenvalue weighted by molar-refractivity contribution is 9.13. The predicted molar refractivity (Wildman–Crippen MR) is 67.6 cm³/mol. The molecule has 1 aromatic heterocycles. The summed E-state index contributed by atoms with van der Waals surface area (Å²) in [5.74, 6) is 0.248. The molecule has 82 valence electrons. The van der Waals surface area contributed by atoms with Gasteiger partial charge in [-0.15, -0.1) is 11.3 Å². The second kappa shape index (κ2) is 5.08. The Morgan fingerprint density at radius 1 is 1.53 bits per heavy atom. The Bertz CT molecular complexity index is 369. The number of hydrogen-bond acceptors (Lipinski definition) is 3. The monoisotopic (exact) mass is 352 g/mol. The third-order valence-electron chi connectivity index (χ3n) is 2.44. The van der Waals surface area contributed by atoms with Gasteiger partial charge in [0.05, 0.1) is 16.0 Å². The van der Waals surface area contributed by atoms with Crippen molar-refractivity contribution in [1.82, 2.24) is 0 Å². The minimum Gasteiger partial charge on any atom is -0.381 e. The van der Waals surface area contributed by atoms with Crippen LogP contribution in [0.2, 0.25) is 0 Å². The van der Waals surface area contributed by atoms with Crippen LogP contribution in [0, 0.1) is 5.92 Å². The number of thiophene rings is 1. The second-order valence-electron chi connectivity index (χ2n) is 3.51. The van der Waals surface area contributed by atoms with Crippen molar-refractivity contribution in [1.29, 1.82) is 0 Å². The molecule has 0 amide bonds. The molecule has 1 saturated heterocycles. The van der Waals surface area contributed by atoms with Gasteiger partial charge in [-0.3, -0.25) is 4.79 Å². The molecule has 0 aromatic carbocycles. The largest absolute Gasteiger partial charge is 0.381 e. The molecule has 0 N–H and O–H groups in total. The van der Waals surface area contributed by atoms with Crippen LogP contribution in [-0.2, 0) is 4.74 Å². The van der Waals surface area contributed by atoms with Crippen molar-refractivity contribution in [3.63, 3.8) is 0 Å². The fraction of sp³-hybridized carbons (Fsp3) is 0.500. The predicted octanol–water partition coefficient (Wildman–Crippen LogP) is 3.88. The Balaban J connectivity index is 2.16. The van der Waals surface area contributed by atoms with Crippen molar-refractivity contribution in [2.45, 2.75) is 12.8 Å². The molecule has 1 aliphatic heterocycles. The topological polar surface area (TPSA) is 26.3 Å². The Hall–Kier alpha value is 0.290. The van der Waals surface area contributed by atoms with E-state index >= 15 is 0 Å². The lowest BCUT2D eigenvalue weighted by Gasteiger charge is -2.20. The summed E-state index contributed by atoms with van der Waals surface area (Å²) in [4.78, 5) is 12.9. The Morgan fingerprint density at radius 2 is 2.33 bits per heavy atom. The van der Waals surface area contributed by atoms with E-state index in [1.165, 1.54) is 11.3 Å². The van der Waals surface area contributed by atoms with Gasteiger partial charge in [-0.1, -0.05) is 0 Å². The molecule has 0 saturated carbocycles. The maximum Gasteiger partial charge on any atom is 0.179 e. The van der Waals surface area contributed by atoms with Gasteiger partial charge in [0.15, 0.2) is 5.78 Å². The quantitative estimate of drug-likeness (QED) is 0.754. The highest BCUT2D eigenvalue weighted by atomic mass is 79.9. The molecule has 1 atom stereocenters. The van der Waals surface area contributed by atoms with Gasteiger partial charge in [-0.2, -0.15) is 0 Å². The van der Waals surface area contributed by atoms with Gasteiger partial charge in [0.2, 0.25) is 0 Å². The van der Waals surface area contributed by atoms with Crippen LogP contribution in [0.1, 0.15) is 22.5 Å². The molecule has 1 aliphatic rings. The first-order valence-corrected chi connectivity index (χ1v) is 7.21. The molecule has 2 nitrogen and oxygen atoms in total. The van der Waals surface area contributed by atoms with Crippen LogP contribution in [0.15, 0.2) is 14.3 Å². The lowest BCUT2D eigenvalue weighted by atomic mass is 9.96. The summed E-state index contributed by atoms with van der Waals surface area (Å²) in [6.07, 6.45) is 1.93. The van der Waals surface area contributed by atoms with Crippen molar-refractivity contribution in [2.75, 3.05) is 13.2 Å². The molecule has 15 heavy (non-hydrogen) atoms. The molecular weight excluding hydrogens is 344 g/mol. The SMILES string of the molecule is O=C(c1scc(Br)c1Br)C1CCCOC1. The lowest BCUT2D eigenvalue weighted by Crippen LogP contribution is -2.24. The van der Waals surface area contributed by atoms with Crippen molar-refractivity contribution in [3.8, 4) is 0 Å². The van der Waals surface area contributed by atoms with Crippen molar-refractivity contribution in [3.05, 3.63) is 19.2 Å². The number of Topliss-reactive ketones (excluding diaryl/α,β-unsaturated/α-hetero) is 1. The van der Waals surface area contributed by atoms with Crippen molar-refractivity contribution in [2.24, 2.45) is 5.92 Å². The summed E-state index contributed by atoms with van der Waals surface area (Å²) < 4.78 is 7.16. The average molecular weight is 354 g/mol. The summed E-state index contributed by atoms with van der Waals surface area (Å²) in [5, 5.41) is 1.93. The van der Waals surface area contributed by atoms with Gasteiger partial charge in [0.1, 0.15) is 0 Å². The van der Waals surface area contributed by atoms with Crippen LogP contribution in [0.3, 0.4) is 0 Å². The molecule has 2 heterocycles. The summed E-state index contributed by atoms with van der Waals surface area (Å²) in [6.45, 7) is 1.36. The summed E-state index contributed by atoms with van der Waals surface area (Å²) in [7, 11) is 0. The van der Waals surface area contributed by atoms with Gasteiger partial charge >= 0.3 is 0 Å². The zero-order valence-electron chi connectivity index (χ0n) is 7.96. The standard InChI is InChI=1S/C10H10Br2O2S/c11-7-5-15-10(8(7)12)9(13)6-2-1-3-14-4-6/h5-6H,1-4H2. The second-order valence-corrected chi connectivity index (χ2v) is 6.03. The fourth-order valence-electron chi connectivity index (χ4n) is 1.62. The van der Waals surface area contributed by atoms with Gasteiger partial charge in [0, 0.05) is 22.4 Å². The van der Waals surface area contributed by atoms with Crippen LogP contribution in [-0.4, -0.2) is 19.0 Å². The van der Waals surface area contributed by atoms with Crippen LogP contribution in [0.5, 0.6) is 0 Å². The number of carbonyl (C=O) groups is 1. The molecule has 0 radical (unpaired) electrons. The molecular formula is C10H10Br2O2S. The maximum absolute atomic E-state index is 12.1. The van der Waals surface area contributed by atoms with E-state index in [2.05, 4.69) is 31.9 Å². The van der Waals surface area contributed by atoms with Gasteiger partial charge < -0.3 is 4.74 Å². The highest BCUT2D eigenvalue weighted by Crippen LogP contribution is 2.35. The van der Waals surface area contributed by atoms with E-state index in [4.69, 9.17) is 4.74 Å². The van der Waals surface area contributed by atoms with Crippen LogP contribution >= 0.6 is 43.2 Å². The number of carbonyl (C=O) groups excluding carboxylic acids is 1. The number of ketones is 1. The van der Waals surface area contributed by atoms with Gasteiger partial charge in [-0.05, 0) is 44.7 Å². The number of rotatable bonds is 2. The van der Waals surface area contributed by atoms with Crippen molar-refractivity contribution >= 4 is 49.0 Å². The zero-order valence-corrected chi connectivity index (χ0v) is 12.0. The Morgan fingerprint density at radius 3 is 2.87 bits per heavy atom.